The fourth-order valence-corrected chi connectivity index (χ4v) is 3.15. The Kier molecular flexibility index (Phi) is 4.12. The second-order valence-electron chi connectivity index (χ2n) is 6.31. The molecule has 0 bridgehead atoms. The molecule has 0 spiro atoms. The zero-order valence-electron chi connectivity index (χ0n) is 13.2. The molecule has 4 heteroatoms. The van der Waals surface area contributed by atoms with E-state index < -0.39 is 0 Å². The van der Waals surface area contributed by atoms with Gasteiger partial charge in [-0.1, -0.05) is 6.42 Å². The first-order chi connectivity index (χ1) is 10.5. The predicted octanol–water partition coefficient (Wildman–Crippen LogP) is 2.49. The minimum atomic E-state index is -0.206. The molecule has 0 unspecified atom stereocenters. The number of nitrogens with one attached hydrogen (secondary N) is 1. The third-order valence-corrected chi connectivity index (χ3v) is 4.58. The third-order valence-electron chi connectivity index (χ3n) is 4.58. The Labute approximate surface area is 129 Å². The van der Waals surface area contributed by atoms with E-state index in [-0.39, 0.29) is 11.0 Å². The number of benzene rings is 1. The van der Waals surface area contributed by atoms with Gasteiger partial charge in [0.2, 0.25) is 5.56 Å². The van der Waals surface area contributed by atoms with Gasteiger partial charge in [0.05, 0.1) is 5.52 Å². The van der Waals surface area contributed by atoms with Gasteiger partial charge in [0.25, 0.3) is 0 Å². The highest BCUT2D eigenvalue weighted by Gasteiger charge is 2.13. The number of rotatable bonds is 2. The van der Waals surface area contributed by atoms with Crippen molar-refractivity contribution in [3.05, 3.63) is 55.5 Å². The second kappa shape index (κ2) is 6.05. The summed E-state index contributed by atoms with van der Waals surface area (Å²) in [6, 6.07) is 5.25. The van der Waals surface area contributed by atoms with E-state index in [2.05, 4.69) is 9.88 Å². The standard InChI is InChI=1S/C18H22N2O2/c1-12-8-15-16(9-13(12)2)19-17(21)10-14(18(15)22)11-20-6-4-3-5-7-20/h8-10H,3-7,11H2,1-2H3,(H,19,21). The minimum absolute atomic E-state index is 0.0259. The zero-order chi connectivity index (χ0) is 15.7. The molecule has 0 saturated carbocycles. The molecule has 1 aliphatic rings. The lowest BCUT2D eigenvalue weighted by Gasteiger charge is -2.25. The lowest BCUT2D eigenvalue weighted by atomic mass is 10.1. The van der Waals surface area contributed by atoms with Crippen LogP contribution in [0.15, 0.2) is 27.8 Å². The maximum Gasteiger partial charge on any atom is 0.248 e. The summed E-state index contributed by atoms with van der Waals surface area (Å²) in [5, 5.41) is 0.609. The van der Waals surface area contributed by atoms with Crippen molar-refractivity contribution in [3.63, 3.8) is 0 Å². The van der Waals surface area contributed by atoms with E-state index in [9.17, 15) is 9.59 Å². The molecule has 3 rings (SSSR count). The van der Waals surface area contributed by atoms with Crippen LogP contribution in [0.1, 0.15) is 36.0 Å². The predicted molar refractivity (Wildman–Crippen MR) is 89.4 cm³/mol. The maximum atomic E-state index is 12.8. The SMILES string of the molecule is Cc1cc2[nH]c(=O)cc(CN3CCCCC3)c(=O)c2cc1C. The van der Waals surface area contributed by atoms with Gasteiger partial charge in [-0.3, -0.25) is 14.5 Å². The fraction of sp³-hybridized carbons (Fsp3) is 0.444. The lowest BCUT2D eigenvalue weighted by Crippen LogP contribution is -2.31. The molecule has 0 radical (unpaired) electrons. The van der Waals surface area contributed by atoms with E-state index in [1.807, 2.05) is 26.0 Å². The lowest BCUT2D eigenvalue weighted by molar-refractivity contribution is 0.220. The van der Waals surface area contributed by atoms with Crippen LogP contribution >= 0.6 is 0 Å². The molecule has 0 aliphatic carbocycles. The first-order valence-electron chi connectivity index (χ1n) is 7.94. The van der Waals surface area contributed by atoms with Crippen LogP contribution in [0.2, 0.25) is 0 Å². The summed E-state index contributed by atoms with van der Waals surface area (Å²) in [6.07, 6.45) is 3.59. The number of likely N-dealkylation sites (tertiary alicyclic amines) is 1. The van der Waals surface area contributed by atoms with Gasteiger partial charge >= 0.3 is 0 Å². The molecule has 1 fully saturated rings. The number of hydrogen-bond acceptors (Lipinski definition) is 3. The monoisotopic (exact) mass is 298 g/mol. The molecule has 22 heavy (non-hydrogen) atoms. The number of aromatic amines is 1. The normalized spacial score (nSPS) is 16.1. The highest BCUT2D eigenvalue weighted by Crippen LogP contribution is 2.15. The Morgan fingerprint density at radius 3 is 2.41 bits per heavy atom. The van der Waals surface area contributed by atoms with E-state index in [4.69, 9.17) is 0 Å². The molecule has 116 valence electrons. The van der Waals surface area contributed by atoms with Crippen LogP contribution < -0.4 is 11.0 Å². The van der Waals surface area contributed by atoms with Gasteiger partial charge in [0.1, 0.15) is 0 Å². The van der Waals surface area contributed by atoms with Crippen molar-refractivity contribution in [2.45, 2.75) is 39.7 Å². The number of nitrogens with zero attached hydrogens (tertiary/aromatic N) is 1. The molecule has 0 amide bonds. The van der Waals surface area contributed by atoms with Crippen LogP contribution in [0.4, 0.5) is 0 Å². The van der Waals surface area contributed by atoms with Crippen LogP contribution in [0.5, 0.6) is 0 Å². The average molecular weight is 298 g/mol. The summed E-state index contributed by atoms with van der Waals surface area (Å²) >= 11 is 0. The first-order valence-corrected chi connectivity index (χ1v) is 7.94. The minimum Gasteiger partial charge on any atom is -0.322 e. The van der Waals surface area contributed by atoms with Gasteiger partial charge < -0.3 is 4.98 Å². The summed E-state index contributed by atoms with van der Waals surface area (Å²) in [5.74, 6) is 0. The van der Waals surface area contributed by atoms with Crippen LogP contribution in [-0.4, -0.2) is 23.0 Å². The number of hydrogen-bond donors (Lipinski definition) is 1. The van der Waals surface area contributed by atoms with Gasteiger partial charge in [-0.2, -0.15) is 0 Å². The quantitative estimate of drug-likeness (QED) is 0.927. The molecular weight excluding hydrogens is 276 g/mol. The van der Waals surface area contributed by atoms with Gasteiger partial charge in [0.15, 0.2) is 5.43 Å². The van der Waals surface area contributed by atoms with Crippen LogP contribution in [0.3, 0.4) is 0 Å². The molecule has 1 saturated heterocycles. The summed E-state index contributed by atoms with van der Waals surface area (Å²) in [5.41, 5.74) is 3.14. The van der Waals surface area contributed by atoms with Crippen molar-refractivity contribution < 1.29 is 0 Å². The van der Waals surface area contributed by atoms with Crippen molar-refractivity contribution >= 4 is 10.9 Å². The molecule has 1 aromatic heterocycles. The van der Waals surface area contributed by atoms with Crippen molar-refractivity contribution in [1.29, 1.82) is 0 Å². The Hall–Kier alpha value is -1.94. The van der Waals surface area contributed by atoms with E-state index in [0.717, 1.165) is 24.2 Å². The molecule has 1 N–H and O–H groups in total. The van der Waals surface area contributed by atoms with Crippen molar-refractivity contribution in [1.82, 2.24) is 9.88 Å². The van der Waals surface area contributed by atoms with E-state index in [0.29, 0.717) is 23.0 Å². The summed E-state index contributed by atoms with van der Waals surface area (Å²) in [7, 11) is 0. The third kappa shape index (κ3) is 2.97. The largest absolute Gasteiger partial charge is 0.322 e. The van der Waals surface area contributed by atoms with Crippen molar-refractivity contribution in [3.8, 4) is 0 Å². The second-order valence-corrected chi connectivity index (χ2v) is 6.31. The van der Waals surface area contributed by atoms with Gasteiger partial charge in [-0.05, 0) is 63.0 Å². The van der Waals surface area contributed by atoms with Crippen molar-refractivity contribution in [2.75, 3.05) is 13.1 Å². The molecule has 2 heterocycles. The maximum absolute atomic E-state index is 12.8. The van der Waals surface area contributed by atoms with E-state index in [1.54, 1.807) is 0 Å². The topological polar surface area (TPSA) is 53.2 Å². The summed E-state index contributed by atoms with van der Waals surface area (Å²) in [4.78, 5) is 30.0. The van der Waals surface area contributed by atoms with Gasteiger partial charge in [-0.25, -0.2) is 0 Å². The fourth-order valence-electron chi connectivity index (χ4n) is 3.15. The molecule has 0 atom stereocenters. The molecular formula is C18H22N2O2. The zero-order valence-corrected chi connectivity index (χ0v) is 13.2. The number of H-pyrrole nitrogens is 1. The smallest absolute Gasteiger partial charge is 0.248 e. The summed E-state index contributed by atoms with van der Waals surface area (Å²) in [6.45, 7) is 6.56. The Morgan fingerprint density at radius 1 is 1.00 bits per heavy atom. The number of fused-ring (bicyclic) bond motifs is 1. The number of aromatic nitrogens is 1. The summed E-state index contributed by atoms with van der Waals surface area (Å²) < 4.78 is 0. The Morgan fingerprint density at radius 2 is 1.68 bits per heavy atom. The van der Waals surface area contributed by atoms with Gasteiger partial charge in [-0.15, -0.1) is 0 Å². The molecule has 1 aliphatic heterocycles. The Balaban J connectivity index is 2.14. The van der Waals surface area contributed by atoms with Gasteiger partial charge in [0, 0.05) is 23.6 Å². The number of piperidine rings is 1. The highest BCUT2D eigenvalue weighted by molar-refractivity contribution is 5.80. The Bertz CT molecular complexity index is 818. The van der Waals surface area contributed by atoms with Crippen molar-refractivity contribution in [2.24, 2.45) is 0 Å². The van der Waals surface area contributed by atoms with E-state index in [1.165, 1.54) is 25.3 Å². The van der Waals surface area contributed by atoms with E-state index >= 15 is 0 Å². The molecule has 2 aromatic rings. The average Bonchev–Trinajstić information content (AvgIpc) is 2.60. The molecule has 4 nitrogen and oxygen atoms in total. The molecule has 1 aromatic carbocycles. The first kappa shape index (κ1) is 15.0. The van der Waals surface area contributed by atoms with Crippen LogP contribution in [-0.2, 0) is 6.54 Å². The number of aryl methyl sites for hydroxylation is 2. The highest BCUT2D eigenvalue weighted by atomic mass is 16.1. The van der Waals surface area contributed by atoms with Crippen LogP contribution in [0, 0.1) is 13.8 Å². The van der Waals surface area contributed by atoms with Crippen LogP contribution in [0.25, 0.3) is 10.9 Å².